The summed E-state index contributed by atoms with van der Waals surface area (Å²) in [7, 11) is 0. The lowest BCUT2D eigenvalue weighted by Gasteiger charge is -2.10. The van der Waals surface area contributed by atoms with Gasteiger partial charge in [0.2, 0.25) is 0 Å². The Kier molecular flexibility index (Phi) is 3.60. The molecule has 0 unspecified atom stereocenters. The smallest absolute Gasteiger partial charge is 0.0412 e. The Balaban J connectivity index is 0.00000146. The molecule has 0 bridgehead atoms. The van der Waals surface area contributed by atoms with Gasteiger partial charge in [-0.2, -0.15) is 0 Å². The van der Waals surface area contributed by atoms with Crippen LogP contribution in [0.2, 0.25) is 5.02 Å². The average molecular weight is 349 g/mol. The molecule has 5 aromatic carbocycles. The van der Waals surface area contributed by atoms with Crippen molar-refractivity contribution in [3.63, 3.8) is 0 Å². The fourth-order valence-corrected chi connectivity index (χ4v) is 3.78. The summed E-state index contributed by atoms with van der Waals surface area (Å²) in [5.74, 6) is 0. The van der Waals surface area contributed by atoms with Crippen molar-refractivity contribution in [1.29, 1.82) is 0 Å². The summed E-state index contributed by atoms with van der Waals surface area (Å²) < 4.78 is 0. The first-order valence-electron chi connectivity index (χ1n) is 7.74. The summed E-state index contributed by atoms with van der Waals surface area (Å²) in [4.78, 5) is 0. The predicted molar refractivity (Wildman–Crippen MR) is 109 cm³/mol. The maximum atomic E-state index is 6.22. The molecule has 0 aromatic heterocycles. The molecular weight excluding hydrogens is 335 g/mol. The van der Waals surface area contributed by atoms with Crippen molar-refractivity contribution in [2.75, 3.05) is 0 Å². The van der Waals surface area contributed by atoms with E-state index in [0.717, 1.165) is 5.02 Å². The van der Waals surface area contributed by atoms with Crippen LogP contribution in [0.3, 0.4) is 0 Å². The highest BCUT2D eigenvalue weighted by atomic mass is 35.5. The van der Waals surface area contributed by atoms with Crippen molar-refractivity contribution in [2.24, 2.45) is 0 Å². The van der Waals surface area contributed by atoms with Gasteiger partial charge >= 0.3 is 0 Å². The van der Waals surface area contributed by atoms with E-state index < -0.39 is 0 Å². The summed E-state index contributed by atoms with van der Waals surface area (Å²) in [6.45, 7) is 0. The van der Waals surface area contributed by atoms with Gasteiger partial charge in [0.05, 0.1) is 0 Å². The van der Waals surface area contributed by atoms with Gasteiger partial charge in [-0.25, -0.2) is 0 Å². The van der Waals surface area contributed by atoms with E-state index in [1.807, 2.05) is 6.07 Å². The molecule has 5 aromatic rings. The van der Waals surface area contributed by atoms with Crippen LogP contribution in [0.1, 0.15) is 0 Å². The van der Waals surface area contributed by atoms with Crippen LogP contribution in [0.4, 0.5) is 0 Å². The second-order valence-electron chi connectivity index (χ2n) is 5.97. The number of hydrogen-bond acceptors (Lipinski definition) is 0. The summed E-state index contributed by atoms with van der Waals surface area (Å²) in [5, 5.41) is 10.9. The normalized spacial score (nSPS) is 11.2. The van der Waals surface area contributed by atoms with Crippen LogP contribution in [-0.4, -0.2) is 0 Å². The van der Waals surface area contributed by atoms with E-state index in [0.29, 0.717) is 0 Å². The minimum atomic E-state index is 0. The molecule has 116 valence electrons. The van der Waals surface area contributed by atoms with Gasteiger partial charge in [0.1, 0.15) is 0 Å². The lowest BCUT2D eigenvalue weighted by Crippen LogP contribution is -1.82. The highest BCUT2D eigenvalue weighted by Gasteiger charge is 2.07. The minimum absolute atomic E-state index is 0. The zero-order chi connectivity index (χ0) is 15.4. The van der Waals surface area contributed by atoms with E-state index in [9.17, 15) is 0 Å². The molecule has 0 spiro atoms. The Bertz CT molecular complexity index is 1220. The first-order chi connectivity index (χ1) is 11.3. The van der Waals surface area contributed by atoms with Crippen molar-refractivity contribution in [2.45, 2.75) is 0 Å². The summed E-state index contributed by atoms with van der Waals surface area (Å²) in [5.41, 5.74) is 0. The molecule has 0 N–H and O–H groups in total. The molecule has 2 heteroatoms. The van der Waals surface area contributed by atoms with Crippen LogP contribution in [0, 0.1) is 0 Å². The number of rotatable bonds is 0. The van der Waals surface area contributed by atoms with Crippen molar-refractivity contribution in [1.82, 2.24) is 0 Å². The molecular formula is C22H14Cl2. The lowest BCUT2D eigenvalue weighted by atomic mass is 9.94. The monoisotopic (exact) mass is 348 g/mol. The van der Waals surface area contributed by atoms with Crippen LogP contribution in [0.5, 0.6) is 0 Å². The average Bonchev–Trinajstić information content (AvgIpc) is 2.60. The van der Waals surface area contributed by atoms with Crippen LogP contribution in [0.25, 0.3) is 43.1 Å². The Hall–Kier alpha value is -2.28. The summed E-state index contributed by atoms with van der Waals surface area (Å²) in [6.07, 6.45) is 0. The second kappa shape index (κ2) is 5.66. The van der Waals surface area contributed by atoms with Gasteiger partial charge in [0, 0.05) is 5.02 Å². The zero-order valence-electron chi connectivity index (χ0n) is 12.8. The predicted octanol–water partition coefficient (Wildman–Crippen LogP) is 7.37. The lowest BCUT2D eigenvalue weighted by molar-refractivity contribution is 1.77. The molecule has 0 atom stereocenters. The van der Waals surface area contributed by atoms with Gasteiger partial charge in [-0.15, -0.1) is 12.4 Å². The number of halogens is 2. The van der Waals surface area contributed by atoms with Gasteiger partial charge in [-0.05, 0) is 55.2 Å². The summed E-state index contributed by atoms with van der Waals surface area (Å²) in [6, 6.07) is 28.0. The third-order valence-corrected chi connectivity index (χ3v) is 4.94. The Morgan fingerprint density at radius 1 is 0.458 bits per heavy atom. The maximum Gasteiger partial charge on any atom is 0.0412 e. The molecule has 0 heterocycles. The fraction of sp³-hybridized carbons (Fsp3) is 0. The molecule has 0 aliphatic carbocycles. The van der Waals surface area contributed by atoms with E-state index >= 15 is 0 Å². The molecule has 0 aliphatic heterocycles. The first kappa shape index (κ1) is 15.3. The topological polar surface area (TPSA) is 0 Å². The highest BCUT2D eigenvalue weighted by molar-refractivity contribution is 6.32. The van der Waals surface area contributed by atoms with Gasteiger partial charge in [-0.3, -0.25) is 0 Å². The van der Waals surface area contributed by atoms with Gasteiger partial charge in [0.15, 0.2) is 0 Å². The molecule has 0 amide bonds. The van der Waals surface area contributed by atoms with Crippen molar-refractivity contribution in [3.8, 4) is 0 Å². The van der Waals surface area contributed by atoms with Crippen molar-refractivity contribution in [3.05, 3.63) is 83.9 Å². The van der Waals surface area contributed by atoms with E-state index in [-0.39, 0.29) is 12.4 Å². The number of hydrogen-bond donors (Lipinski definition) is 0. The van der Waals surface area contributed by atoms with Crippen molar-refractivity contribution < 1.29 is 0 Å². The van der Waals surface area contributed by atoms with Gasteiger partial charge < -0.3 is 0 Å². The van der Waals surface area contributed by atoms with Crippen molar-refractivity contribution >= 4 is 67.1 Å². The van der Waals surface area contributed by atoms with Crippen LogP contribution in [-0.2, 0) is 0 Å². The first-order valence-corrected chi connectivity index (χ1v) is 8.11. The molecule has 0 aliphatic rings. The Morgan fingerprint density at radius 2 is 0.958 bits per heavy atom. The van der Waals surface area contributed by atoms with Crippen LogP contribution in [0.15, 0.2) is 78.9 Å². The third kappa shape index (κ3) is 2.15. The van der Waals surface area contributed by atoms with E-state index in [2.05, 4.69) is 72.8 Å². The molecule has 0 fully saturated rings. The number of benzene rings is 5. The van der Waals surface area contributed by atoms with Crippen LogP contribution >= 0.6 is 24.0 Å². The molecule has 0 radical (unpaired) electrons. The fourth-order valence-electron chi connectivity index (χ4n) is 3.61. The van der Waals surface area contributed by atoms with Gasteiger partial charge in [-0.1, -0.05) is 78.3 Å². The quantitative estimate of drug-likeness (QED) is 0.256. The van der Waals surface area contributed by atoms with E-state index in [1.165, 1.54) is 43.1 Å². The molecule has 0 saturated heterocycles. The highest BCUT2D eigenvalue weighted by Crippen LogP contribution is 2.35. The van der Waals surface area contributed by atoms with Crippen LogP contribution < -0.4 is 0 Å². The number of fused-ring (bicyclic) bond motifs is 7. The minimum Gasteiger partial charge on any atom is -0.147 e. The summed E-state index contributed by atoms with van der Waals surface area (Å²) >= 11 is 6.22. The molecule has 0 saturated carbocycles. The Morgan fingerprint density at radius 3 is 1.71 bits per heavy atom. The molecule has 5 rings (SSSR count). The largest absolute Gasteiger partial charge is 0.147 e. The third-order valence-electron chi connectivity index (χ3n) is 4.70. The maximum absolute atomic E-state index is 6.22. The molecule has 24 heavy (non-hydrogen) atoms. The second-order valence-corrected chi connectivity index (χ2v) is 6.41. The molecule has 0 nitrogen and oxygen atoms in total. The SMILES string of the molecule is Cl.Clc1ccc2ccc3c(ccc4c5ccccc5ccc43)c2c1. The zero-order valence-corrected chi connectivity index (χ0v) is 14.4. The van der Waals surface area contributed by atoms with E-state index in [1.54, 1.807) is 0 Å². The van der Waals surface area contributed by atoms with Gasteiger partial charge in [0.25, 0.3) is 0 Å². The Labute approximate surface area is 151 Å². The standard InChI is InChI=1S/C22H13Cl.ClH/c23-16-8-5-15-7-10-20-19-9-6-14-3-1-2-4-17(14)18(19)11-12-21(20)22(15)13-16;/h1-13H;1H. The van der Waals surface area contributed by atoms with E-state index in [4.69, 9.17) is 11.6 Å².